The van der Waals surface area contributed by atoms with Crippen molar-refractivity contribution in [2.45, 2.75) is 34.2 Å². The smallest absolute Gasteiger partial charge is 0.194 e. The molecule has 6 nitrogen and oxygen atoms in total. The monoisotopic (exact) mass is 375 g/mol. The summed E-state index contributed by atoms with van der Waals surface area (Å²) in [5, 5.41) is 2.17. The molecule has 0 radical (unpaired) electrons. The molecule has 0 unspecified atom stereocenters. The highest BCUT2D eigenvalue weighted by atomic mass is 32.1. The molecular formula is C19H29N5OS. The summed E-state index contributed by atoms with van der Waals surface area (Å²) >= 11 is 1.66. The molecule has 1 saturated heterocycles. The van der Waals surface area contributed by atoms with E-state index in [9.17, 15) is 0 Å². The molecule has 7 heteroatoms. The van der Waals surface area contributed by atoms with Crippen LogP contribution in [0.2, 0.25) is 0 Å². The van der Waals surface area contributed by atoms with E-state index in [1.54, 1.807) is 17.5 Å². The summed E-state index contributed by atoms with van der Waals surface area (Å²) < 4.78 is 7.56. The second-order valence-electron chi connectivity index (χ2n) is 5.33. The van der Waals surface area contributed by atoms with E-state index in [0.717, 1.165) is 49.1 Å². The number of nitrogens with two attached hydrogens (primary N) is 1. The molecular weight excluding hydrogens is 346 g/mol. The van der Waals surface area contributed by atoms with Gasteiger partial charge in [-0.3, -0.25) is 9.30 Å². The quantitative estimate of drug-likeness (QED) is 0.751. The number of hydrogen-bond acceptors (Lipinski definition) is 6. The summed E-state index contributed by atoms with van der Waals surface area (Å²) in [6, 6.07) is 3.84. The summed E-state index contributed by atoms with van der Waals surface area (Å²) in [4.78, 5) is 12.2. The van der Waals surface area contributed by atoms with Gasteiger partial charge in [0.1, 0.15) is 5.82 Å². The van der Waals surface area contributed by atoms with E-state index in [4.69, 9.17) is 10.5 Å². The van der Waals surface area contributed by atoms with E-state index in [-0.39, 0.29) is 0 Å². The summed E-state index contributed by atoms with van der Waals surface area (Å²) in [5.41, 5.74) is 8.96. The van der Waals surface area contributed by atoms with Gasteiger partial charge in [-0.25, -0.2) is 9.97 Å². The molecule has 1 aliphatic heterocycles. The highest BCUT2D eigenvalue weighted by Crippen LogP contribution is 2.26. The van der Waals surface area contributed by atoms with Gasteiger partial charge in [-0.2, -0.15) is 0 Å². The summed E-state index contributed by atoms with van der Waals surface area (Å²) in [5.74, 6) is 0.517. The fourth-order valence-corrected chi connectivity index (χ4v) is 3.56. The largest absolute Gasteiger partial charge is 0.383 e. The van der Waals surface area contributed by atoms with Gasteiger partial charge in [0.25, 0.3) is 0 Å². The summed E-state index contributed by atoms with van der Waals surface area (Å²) in [7, 11) is 0. The first-order valence-electron chi connectivity index (χ1n) is 9.28. The van der Waals surface area contributed by atoms with Crippen LogP contribution < -0.4 is 5.73 Å². The standard InChI is InChI=1S/C15H17N5OS.2C2H6/c16-14-12(2-1-3-17-14)13-9-20-11(10-22-15(20)18-13)8-19-4-6-21-7-5-19;2*1-2/h1-3,9-10H,4-8H2,(H2,16,17);2*1-2H3. The highest BCUT2D eigenvalue weighted by molar-refractivity contribution is 7.15. The molecule has 2 N–H and O–H groups in total. The van der Waals surface area contributed by atoms with Crippen molar-refractivity contribution in [2.24, 2.45) is 0 Å². The molecule has 4 heterocycles. The van der Waals surface area contributed by atoms with Crippen molar-refractivity contribution in [1.29, 1.82) is 0 Å². The lowest BCUT2D eigenvalue weighted by atomic mass is 10.2. The van der Waals surface area contributed by atoms with Gasteiger partial charge >= 0.3 is 0 Å². The molecule has 1 aliphatic rings. The van der Waals surface area contributed by atoms with E-state index in [0.29, 0.717) is 5.82 Å². The predicted molar refractivity (Wildman–Crippen MR) is 110 cm³/mol. The van der Waals surface area contributed by atoms with E-state index >= 15 is 0 Å². The Labute approximate surface area is 159 Å². The number of imidazole rings is 1. The van der Waals surface area contributed by atoms with Gasteiger partial charge in [0.15, 0.2) is 4.96 Å². The van der Waals surface area contributed by atoms with E-state index in [1.807, 2.05) is 39.8 Å². The average Bonchev–Trinajstić information content (AvgIpc) is 3.28. The van der Waals surface area contributed by atoms with Gasteiger partial charge in [-0.1, -0.05) is 27.7 Å². The second kappa shape index (κ2) is 10.3. The zero-order chi connectivity index (χ0) is 18.9. The van der Waals surface area contributed by atoms with Gasteiger partial charge in [-0.05, 0) is 12.1 Å². The lowest BCUT2D eigenvalue weighted by Crippen LogP contribution is -2.35. The molecule has 0 spiro atoms. The molecule has 142 valence electrons. The first kappa shape index (κ1) is 20.4. The Bertz CT molecular complexity index is 792. The molecule has 1 fully saturated rings. The van der Waals surface area contributed by atoms with Crippen LogP contribution in [0.3, 0.4) is 0 Å². The number of nitrogens with zero attached hydrogens (tertiary/aromatic N) is 4. The Hall–Kier alpha value is -1.96. The van der Waals surface area contributed by atoms with Crippen molar-refractivity contribution in [3.8, 4) is 11.3 Å². The summed E-state index contributed by atoms with van der Waals surface area (Å²) in [6.45, 7) is 12.5. The van der Waals surface area contributed by atoms with Gasteiger partial charge in [0.05, 0.1) is 18.9 Å². The number of nitrogen functional groups attached to an aromatic ring is 1. The van der Waals surface area contributed by atoms with E-state index in [2.05, 4.69) is 30.8 Å². The van der Waals surface area contributed by atoms with Crippen LogP contribution in [0.15, 0.2) is 29.9 Å². The van der Waals surface area contributed by atoms with Crippen LogP contribution in [0.1, 0.15) is 33.4 Å². The highest BCUT2D eigenvalue weighted by Gasteiger charge is 2.15. The maximum atomic E-state index is 5.95. The third kappa shape index (κ3) is 4.60. The third-order valence-electron chi connectivity index (χ3n) is 3.89. The van der Waals surface area contributed by atoms with Gasteiger partial charge in [0.2, 0.25) is 0 Å². The zero-order valence-corrected chi connectivity index (χ0v) is 16.9. The van der Waals surface area contributed by atoms with Crippen LogP contribution in [0.4, 0.5) is 5.82 Å². The fourth-order valence-electron chi connectivity index (χ4n) is 2.70. The number of ether oxygens (including phenoxy) is 1. The second-order valence-corrected chi connectivity index (χ2v) is 6.17. The van der Waals surface area contributed by atoms with Gasteiger partial charge < -0.3 is 10.5 Å². The van der Waals surface area contributed by atoms with E-state index < -0.39 is 0 Å². The van der Waals surface area contributed by atoms with Crippen molar-refractivity contribution in [3.63, 3.8) is 0 Å². The van der Waals surface area contributed by atoms with Crippen molar-refractivity contribution in [2.75, 3.05) is 32.0 Å². The number of hydrogen-bond donors (Lipinski definition) is 1. The minimum absolute atomic E-state index is 0.517. The normalized spacial score (nSPS) is 14.3. The van der Waals surface area contributed by atoms with Crippen LogP contribution >= 0.6 is 11.3 Å². The molecule has 26 heavy (non-hydrogen) atoms. The minimum atomic E-state index is 0.517. The van der Waals surface area contributed by atoms with Crippen LogP contribution in [0, 0.1) is 0 Å². The number of anilines is 1. The SMILES string of the molecule is CC.CC.Nc1ncccc1-c1cn2c(CN3CCOCC3)csc2n1. The Balaban J connectivity index is 0.000000570. The number of fused-ring (bicyclic) bond motifs is 1. The predicted octanol–water partition coefficient (Wildman–Crippen LogP) is 3.92. The van der Waals surface area contributed by atoms with Crippen molar-refractivity contribution < 1.29 is 4.74 Å². The van der Waals surface area contributed by atoms with Gasteiger partial charge in [-0.15, -0.1) is 11.3 Å². The number of thiazole rings is 1. The number of morpholine rings is 1. The molecule has 0 aliphatic carbocycles. The van der Waals surface area contributed by atoms with Crippen molar-refractivity contribution in [3.05, 3.63) is 35.6 Å². The fraction of sp³-hybridized carbons (Fsp3) is 0.474. The lowest BCUT2D eigenvalue weighted by molar-refractivity contribution is 0.0336. The summed E-state index contributed by atoms with van der Waals surface area (Å²) in [6.07, 6.45) is 3.75. The Morgan fingerprint density at radius 1 is 1.19 bits per heavy atom. The molecule has 3 aromatic heterocycles. The maximum absolute atomic E-state index is 5.95. The van der Waals surface area contributed by atoms with Gasteiger partial charge in [0, 0.05) is 48.7 Å². The number of pyridine rings is 1. The molecule has 0 aromatic carbocycles. The Kier molecular flexibility index (Phi) is 8.03. The molecule has 3 aromatic rings. The Morgan fingerprint density at radius 2 is 1.92 bits per heavy atom. The number of aromatic nitrogens is 3. The third-order valence-corrected chi connectivity index (χ3v) is 4.78. The number of rotatable bonds is 3. The van der Waals surface area contributed by atoms with Crippen LogP contribution in [0.25, 0.3) is 16.2 Å². The van der Waals surface area contributed by atoms with Crippen molar-refractivity contribution >= 4 is 22.1 Å². The Morgan fingerprint density at radius 3 is 2.62 bits per heavy atom. The first-order chi connectivity index (χ1) is 12.8. The minimum Gasteiger partial charge on any atom is -0.383 e. The van der Waals surface area contributed by atoms with Crippen LogP contribution in [-0.4, -0.2) is 45.6 Å². The van der Waals surface area contributed by atoms with Crippen LogP contribution in [-0.2, 0) is 11.3 Å². The van der Waals surface area contributed by atoms with Crippen LogP contribution in [0.5, 0.6) is 0 Å². The first-order valence-corrected chi connectivity index (χ1v) is 10.2. The molecule has 0 saturated carbocycles. The zero-order valence-electron chi connectivity index (χ0n) is 16.1. The molecule has 4 rings (SSSR count). The van der Waals surface area contributed by atoms with Crippen molar-refractivity contribution in [1.82, 2.24) is 19.3 Å². The molecule has 0 atom stereocenters. The lowest BCUT2D eigenvalue weighted by Gasteiger charge is -2.26. The topological polar surface area (TPSA) is 68.7 Å². The molecule has 0 bridgehead atoms. The average molecular weight is 376 g/mol. The maximum Gasteiger partial charge on any atom is 0.194 e. The molecule has 0 amide bonds. The van der Waals surface area contributed by atoms with E-state index in [1.165, 1.54) is 5.69 Å².